The molecule has 0 bridgehead atoms. The first-order chi connectivity index (χ1) is 11.8. The van der Waals surface area contributed by atoms with E-state index in [9.17, 15) is 4.79 Å². The molecule has 1 unspecified atom stereocenters. The number of carbonyl (C=O) groups excluding carboxylic acids is 1. The van der Waals surface area contributed by atoms with Gasteiger partial charge in [-0.2, -0.15) is 0 Å². The largest absolute Gasteiger partial charge is 0.344 e. The standard InChI is InChI=1S/C19H24N4O/c24-19(18-13-23(22-21-18)16-10-11-16)20-17(12-14-6-4-5-7-14)15-8-2-1-3-9-15/h1-3,8-9,13-14,16-17H,4-7,10-12H2,(H,20,24). The summed E-state index contributed by atoms with van der Waals surface area (Å²) in [5.74, 6) is 0.589. The van der Waals surface area contributed by atoms with Crippen molar-refractivity contribution >= 4 is 5.91 Å². The molecule has 1 heterocycles. The van der Waals surface area contributed by atoms with Crippen LogP contribution in [0.25, 0.3) is 0 Å². The van der Waals surface area contributed by atoms with Crippen molar-refractivity contribution in [1.82, 2.24) is 20.3 Å². The molecule has 24 heavy (non-hydrogen) atoms. The first kappa shape index (κ1) is 15.4. The Morgan fingerprint density at radius 3 is 2.62 bits per heavy atom. The minimum absolute atomic E-state index is 0.0490. The Labute approximate surface area is 142 Å². The number of hydrogen-bond donors (Lipinski definition) is 1. The second-order valence-corrected chi connectivity index (χ2v) is 7.14. The maximum absolute atomic E-state index is 12.6. The smallest absolute Gasteiger partial charge is 0.273 e. The van der Waals surface area contributed by atoms with Crippen molar-refractivity contribution in [2.24, 2.45) is 5.92 Å². The van der Waals surface area contributed by atoms with E-state index in [1.165, 1.54) is 31.2 Å². The van der Waals surface area contributed by atoms with Crippen LogP contribution in [0.1, 0.15) is 73.1 Å². The van der Waals surface area contributed by atoms with Gasteiger partial charge in [0.15, 0.2) is 5.69 Å². The topological polar surface area (TPSA) is 59.8 Å². The highest BCUT2D eigenvalue weighted by molar-refractivity contribution is 5.92. The molecule has 1 N–H and O–H groups in total. The first-order valence-electron chi connectivity index (χ1n) is 9.07. The van der Waals surface area contributed by atoms with Crippen LogP contribution >= 0.6 is 0 Å². The van der Waals surface area contributed by atoms with Crippen molar-refractivity contribution in [3.8, 4) is 0 Å². The lowest BCUT2D eigenvalue weighted by molar-refractivity contribution is 0.0925. The third-order valence-corrected chi connectivity index (χ3v) is 5.21. The van der Waals surface area contributed by atoms with Crippen molar-refractivity contribution in [1.29, 1.82) is 0 Å². The average molecular weight is 324 g/mol. The molecule has 1 aromatic heterocycles. The molecule has 0 spiro atoms. The molecule has 0 aliphatic heterocycles. The van der Waals surface area contributed by atoms with Gasteiger partial charge in [-0.1, -0.05) is 61.2 Å². The predicted octanol–water partition coefficient (Wildman–Crippen LogP) is 3.66. The van der Waals surface area contributed by atoms with Crippen LogP contribution in [0.15, 0.2) is 36.5 Å². The monoisotopic (exact) mass is 324 g/mol. The fourth-order valence-electron chi connectivity index (χ4n) is 3.67. The molecule has 2 aliphatic rings. The molecule has 2 aliphatic carbocycles. The Kier molecular flexibility index (Phi) is 4.32. The minimum Gasteiger partial charge on any atom is -0.344 e. The van der Waals surface area contributed by atoms with Crippen LogP contribution in [0, 0.1) is 5.92 Å². The minimum atomic E-state index is -0.117. The number of benzene rings is 1. The summed E-state index contributed by atoms with van der Waals surface area (Å²) in [5, 5.41) is 11.3. The number of amides is 1. The summed E-state index contributed by atoms with van der Waals surface area (Å²) in [6, 6.07) is 10.8. The van der Waals surface area contributed by atoms with E-state index in [0.29, 0.717) is 17.7 Å². The molecule has 1 amide bonds. The fourth-order valence-corrected chi connectivity index (χ4v) is 3.67. The maximum atomic E-state index is 12.6. The van der Waals surface area contributed by atoms with E-state index < -0.39 is 0 Å². The van der Waals surface area contributed by atoms with Gasteiger partial charge in [-0.25, -0.2) is 4.68 Å². The van der Waals surface area contributed by atoms with E-state index in [-0.39, 0.29) is 11.9 Å². The summed E-state index contributed by atoms with van der Waals surface area (Å²) in [6.07, 6.45) is 10.2. The molecule has 1 aromatic carbocycles. The van der Waals surface area contributed by atoms with E-state index in [0.717, 1.165) is 19.3 Å². The summed E-state index contributed by atoms with van der Waals surface area (Å²) in [6.45, 7) is 0. The van der Waals surface area contributed by atoms with E-state index in [1.807, 2.05) is 22.9 Å². The highest BCUT2D eigenvalue weighted by Gasteiger charge is 2.27. The summed E-state index contributed by atoms with van der Waals surface area (Å²) in [4.78, 5) is 12.6. The van der Waals surface area contributed by atoms with Gasteiger partial charge in [-0.15, -0.1) is 5.10 Å². The summed E-state index contributed by atoms with van der Waals surface area (Å²) in [5.41, 5.74) is 1.60. The Hall–Kier alpha value is -2.17. The zero-order chi connectivity index (χ0) is 16.4. The van der Waals surface area contributed by atoms with E-state index in [1.54, 1.807) is 6.20 Å². The zero-order valence-electron chi connectivity index (χ0n) is 13.9. The molecule has 1 atom stereocenters. The average Bonchev–Trinajstić information content (AvgIpc) is 3.12. The molecule has 5 heteroatoms. The molecule has 2 saturated carbocycles. The quantitative estimate of drug-likeness (QED) is 0.882. The van der Waals surface area contributed by atoms with Crippen LogP contribution in [-0.4, -0.2) is 20.9 Å². The Bertz CT molecular complexity index is 686. The third kappa shape index (κ3) is 3.50. The van der Waals surface area contributed by atoms with Gasteiger partial charge >= 0.3 is 0 Å². The third-order valence-electron chi connectivity index (χ3n) is 5.21. The molecular weight excluding hydrogens is 300 g/mol. The summed E-state index contributed by atoms with van der Waals surface area (Å²) in [7, 11) is 0. The SMILES string of the molecule is O=C(NC(CC1CCCC1)c1ccccc1)c1cn(C2CC2)nn1. The molecule has 2 aromatic rings. The molecule has 5 nitrogen and oxygen atoms in total. The van der Waals surface area contributed by atoms with Crippen molar-refractivity contribution in [2.75, 3.05) is 0 Å². The van der Waals surface area contributed by atoms with Crippen LogP contribution in [0.3, 0.4) is 0 Å². The number of aromatic nitrogens is 3. The molecule has 126 valence electrons. The van der Waals surface area contributed by atoms with Gasteiger partial charge in [0.05, 0.1) is 18.3 Å². The van der Waals surface area contributed by atoms with Crippen LogP contribution in [0.4, 0.5) is 0 Å². The Morgan fingerprint density at radius 2 is 1.92 bits per heavy atom. The Balaban J connectivity index is 1.48. The lowest BCUT2D eigenvalue weighted by atomic mass is 9.93. The number of hydrogen-bond acceptors (Lipinski definition) is 3. The van der Waals surface area contributed by atoms with Crippen molar-refractivity contribution in [3.63, 3.8) is 0 Å². The predicted molar refractivity (Wildman–Crippen MR) is 91.5 cm³/mol. The van der Waals surface area contributed by atoms with Crippen LogP contribution in [-0.2, 0) is 0 Å². The van der Waals surface area contributed by atoms with Crippen molar-refractivity contribution in [3.05, 3.63) is 47.8 Å². The second kappa shape index (κ2) is 6.75. The van der Waals surface area contributed by atoms with Crippen molar-refractivity contribution in [2.45, 2.75) is 57.0 Å². The number of nitrogens with one attached hydrogen (secondary N) is 1. The van der Waals surface area contributed by atoms with E-state index in [2.05, 4.69) is 27.8 Å². The highest BCUT2D eigenvalue weighted by atomic mass is 16.2. The molecular formula is C19H24N4O. The van der Waals surface area contributed by atoms with Gasteiger partial charge in [0.25, 0.3) is 5.91 Å². The lowest BCUT2D eigenvalue weighted by Gasteiger charge is -2.22. The van der Waals surface area contributed by atoms with E-state index in [4.69, 9.17) is 0 Å². The highest BCUT2D eigenvalue weighted by Crippen LogP contribution is 2.34. The molecule has 0 saturated heterocycles. The van der Waals surface area contributed by atoms with E-state index >= 15 is 0 Å². The number of nitrogens with zero attached hydrogens (tertiary/aromatic N) is 3. The normalized spacial score (nSPS) is 19.3. The number of rotatable bonds is 6. The summed E-state index contributed by atoms with van der Waals surface area (Å²) >= 11 is 0. The fraction of sp³-hybridized carbons (Fsp3) is 0.526. The van der Waals surface area contributed by atoms with Crippen LogP contribution in [0.5, 0.6) is 0 Å². The lowest BCUT2D eigenvalue weighted by Crippen LogP contribution is -2.30. The molecule has 2 fully saturated rings. The maximum Gasteiger partial charge on any atom is 0.273 e. The van der Waals surface area contributed by atoms with Gasteiger partial charge in [-0.05, 0) is 30.7 Å². The van der Waals surface area contributed by atoms with Gasteiger partial charge in [0.1, 0.15) is 0 Å². The van der Waals surface area contributed by atoms with Gasteiger partial charge < -0.3 is 5.32 Å². The van der Waals surface area contributed by atoms with Crippen molar-refractivity contribution < 1.29 is 4.79 Å². The first-order valence-corrected chi connectivity index (χ1v) is 9.07. The van der Waals surface area contributed by atoms with Gasteiger partial charge in [0, 0.05) is 0 Å². The van der Waals surface area contributed by atoms with Crippen LogP contribution < -0.4 is 5.32 Å². The van der Waals surface area contributed by atoms with Gasteiger partial charge in [-0.3, -0.25) is 4.79 Å². The van der Waals surface area contributed by atoms with Gasteiger partial charge in [0.2, 0.25) is 0 Å². The zero-order valence-corrected chi connectivity index (χ0v) is 13.9. The second-order valence-electron chi connectivity index (χ2n) is 7.14. The molecule has 0 radical (unpaired) electrons. The number of carbonyl (C=O) groups is 1. The molecule has 4 rings (SSSR count). The Morgan fingerprint density at radius 1 is 1.17 bits per heavy atom. The van der Waals surface area contributed by atoms with Crippen LogP contribution in [0.2, 0.25) is 0 Å². The summed E-state index contributed by atoms with van der Waals surface area (Å²) < 4.78 is 1.82.